The van der Waals surface area contributed by atoms with Crippen LogP contribution in [-0.4, -0.2) is 112 Å². The molecule has 0 aromatic carbocycles. The number of phosphoric ester groups is 1. The van der Waals surface area contributed by atoms with Crippen molar-refractivity contribution in [1.29, 1.82) is 0 Å². The second-order valence-electron chi connectivity index (χ2n) is 6.35. The van der Waals surface area contributed by atoms with Gasteiger partial charge in [0.2, 0.25) is 0 Å². The van der Waals surface area contributed by atoms with Gasteiger partial charge < -0.3 is 44.8 Å². The van der Waals surface area contributed by atoms with Gasteiger partial charge in [-0.1, -0.05) is 0 Å². The summed E-state index contributed by atoms with van der Waals surface area (Å²) in [6, 6.07) is 0. The first-order valence-corrected chi connectivity index (χ1v) is 9.63. The highest BCUT2D eigenvalue weighted by atomic mass is 31.2. The number of aliphatic hydroxyl groups is 6. The monoisotopic (exact) mass is 418 g/mol. The molecule has 0 bridgehead atoms. The van der Waals surface area contributed by atoms with Crippen LogP contribution in [-0.2, 0) is 32.3 Å². The van der Waals surface area contributed by atoms with Gasteiger partial charge in [0.15, 0.2) is 12.6 Å². The summed E-state index contributed by atoms with van der Waals surface area (Å²) in [5.41, 5.74) is 0. The van der Waals surface area contributed by atoms with E-state index in [9.17, 15) is 35.2 Å². The van der Waals surface area contributed by atoms with Crippen molar-refractivity contribution in [3.05, 3.63) is 0 Å². The van der Waals surface area contributed by atoms with Gasteiger partial charge >= 0.3 is 7.82 Å². The zero-order valence-electron chi connectivity index (χ0n) is 14.2. The Labute approximate surface area is 153 Å². The van der Waals surface area contributed by atoms with Crippen molar-refractivity contribution >= 4 is 7.82 Å². The Bertz CT molecular complexity index is 558. The molecule has 0 aliphatic carbocycles. The van der Waals surface area contributed by atoms with Gasteiger partial charge in [0.05, 0.1) is 13.2 Å². The fraction of sp³-hybridized carbons (Fsp3) is 1.00. The highest BCUT2D eigenvalue weighted by molar-refractivity contribution is 7.48. The molecule has 6 N–H and O–H groups in total. The van der Waals surface area contributed by atoms with Crippen molar-refractivity contribution in [2.24, 2.45) is 0 Å². The zero-order chi connectivity index (χ0) is 19.9. The Hall–Kier alpha value is -0.250. The standard InChI is InChI=1S/C13H23O13P/c1-21-27(20)22-3-5-11(26-27)8(17)10(19)13(24-5)25-12-9(18)7(16)6(15)4(2-14)23-12/h4-19H,2-3H2,1H3/t4?,5?,6-,7?,8?,9?,10?,11-,12-,13-,27?/m1/s1. The summed E-state index contributed by atoms with van der Waals surface area (Å²) in [6.45, 7) is -0.964. The van der Waals surface area contributed by atoms with E-state index in [1.807, 2.05) is 0 Å². The van der Waals surface area contributed by atoms with Crippen LogP contribution in [0.1, 0.15) is 0 Å². The highest BCUT2D eigenvalue weighted by Gasteiger charge is 2.54. The van der Waals surface area contributed by atoms with E-state index >= 15 is 0 Å². The summed E-state index contributed by atoms with van der Waals surface area (Å²) >= 11 is 0. The third-order valence-corrected chi connectivity index (χ3v) is 6.04. The molecule has 0 aromatic heterocycles. The van der Waals surface area contributed by atoms with Gasteiger partial charge in [-0.25, -0.2) is 4.57 Å². The molecule has 3 rings (SSSR count). The predicted octanol–water partition coefficient (Wildman–Crippen LogP) is -3.58. The van der Waals surface area contributed by atoms with E-state index in [0.717, 1.165) is 7.11 Å². The van der Waals surface area contributed by atoms with Crippen molar-refractivity contribution in [2.75, 3.05) is 20.3 Å². The number of ether oxygens (including phenoxy) is 3. The topological polar surface area (TPSA) is 194 Å². The maximum Gasteiger partial charge on any atom is 0.475 e. The number of hydrogen-bond acceptors (Lipinski definition) is 13. The molecule has 158 valence electrons. The number of rotatable bonds is 4. The smallest absolute Gasteiger partial charge is 0.394 e. The van der Waals surface area contributed by atoms with Crippen molar-refractivity contribution < 1.29 is 63.0 Å². The third-order valence-electron chi connectivity index (χ3n) is 4.63. The Morgan fingerprint density at radius 3 is 2.22 bits per heavy atom. The molecule has 3 heterocycles. The van der Waals surface area contributed by atoms with Crippen LogP contribution in [0.5, 0.6) is 0 Å². The van der Waals surface area contributed by atoms with E-state index in [0.29, 0.717) is 0 Å². The van der Waals surface area contributed by atoms with Crippen molar-refractivity contribution in [3.8, 4) is 0 Å². The lowest BCUT2D eigenvalue weighted by atomic mass is 9.98. The lowest BCUT2D eigenvalue weighted by molar-refractivity contribution is -0.377. The summed E-state index contributed by atoms with van der Waals surface area (Å²) in [5, 5.41) is 59.2. The molecule has 0 radical (unpaired) electrons. The van der Waals surface area contributed by atoms with Gasteiger partial charge in [-0.15, -0.1) is 0 Å². The van der Waals surface area contributed by atoms with Crippen LogP contribution < -0.4 is 0 Å². The fourth-order valence-corrected chi connectivity index (χ4v) is 4.17. The van der Waals surface area contributed by atoms with Gasteiger partial charge in [-0.3, -0.25) is 13.6 Å². The SMILES string of the molecule is COP1(=O)OCC2O[C@H](O[C@H]3OC(CO)[C@@H](O)C(O)C3O)C(O)C(O)[C@@H]2O1. The van der Waals surface area contributed by atoms with Crippen molar-refractivity contribution in [1.82, 2.24) is 0 Å². The van der Waals surface area contributed by atoms with Gasteiger partial charge in [-0.05, 0) is 0 Å². The maximum atomic E-state index is 12.0. The first-order valence-electron chi connectivity index (χ1n) is 8.17. The molecule has 14 heteroatoms. The first-order chi connectivity index (χ1) is 12.7. The third kappa shape index (κ3) is 4.07. The molecule has 13 nitrogen and oxygen atoms in total. The molecule has 27 heavy (non-hydrogen) atoms. The van der Waals surface area contributed by atoms with Gasteiger partial charge in [0, 0.05) is 7.11 Å². The quantitative estimate of drug-likeness (QED) is 0.246. The second kappa shape index (κ2) is 8.24. The Morgan fingerprint density at radius 2 is 1.59 bits per heavy atom. The van der Waals surface area contributed by atoms with E-state index in [4.69, 9.17) is 23.3 Å². The summed E-state index contributed by atoms with van der Waals surface area (Å²) in [7, 11) is -2.79. The summed E-state index contributed by atoms with van der Waals surface area (Å²) < 4.78 is 42.6. The number of fused-ring (bicyclic) bond motifs is 1. The van der Waals surface area contributed by atoms with Crippen LogP contribution in [0.15, 0.2) is 0 Å². The van der Waals surface area contributed by atoms with E-state index in [2.05, 4.69) is 4.52 Å². The normalized spacial score (nSPS) is 53.7. The lowest BCUT2D eigenvalue weighted by Crippen LogP contribution is -2.64. The second-order valence-corrected chi connectivity index (χ2v) is 8.08. The summed E-state index contributed by atoms with van der Waals surface area (Å²) in [6.07, 6.45) is -14.9. The molecule has 7 unspecified atom stereocenters. The van der Waals surface area contributed by atoms with Crippen molar-refractivity contribution in [2.45, 2.75) is 61.4 Å². The minimum absolute atomic E-state index is 0.298. The predicted molar refractivity (Wildman–Crippen MR) is 81.0 cm³/mol. The van der Waals surface area contributed by atoms with Gasteiger partial charge in [0.25, 0.3) is 0 Å². The van der Waals surface area contributed by atoms with E-state index < -0.39 is 75.8 Å². The van der Waals surface area contributed by atoms with Crippen LogP contribution in [0.25, 0.3) is 0 Å². The molecule has 3 fully saturated rings. The summed E-state index contributed by atoms with van der Waals surface area (Å²) in [4.78, 5) is 0. The molecule has 0 amide bonds. The van der Waals surface area contributed by atoms with Gasteiger partial charge in [-0.2, -0.15) is 0 Å². The molecule has 11 atom stereocenters. The molecule has 0 aromatic rings. The van der Waals surface area contributed by atoms with Gasteiger partial charge in [0.1, 0.15) is 48.8 Å². The number of hydrogen-bond donors (Lipinski definition) is 6. The number of phosphoric acid groups is 1. The molecule has 3 saturated heterocycles. The average Bonchev–Trinajstić information content (AvgIpc) is 2.66. The van der Waals surface area contributed by atoms with E-state index in [1.165, 1.54) is 0 Å². The van der Waals surface area contributed by atoms with Crippen molar-refractivity contribution in [3.63, 3.8) is 0 Å². The maximum absolute atomic E-state index is 12.0. The minimum Gasteiger partial charge on any atom is -0.394 e. The minimum atomic E-state index is -3.88. The van der Waals surface area contributed by atoms with Crippen LogP contribution in [0.2, 0.25) is 0 Å². The van der Waals surface area contributed by atoms with E-state index in [-0.39, 0.29) is 6.61 Å². The number of aliphatic hydroxyl groups excluding tert-OH is 6. The molecule has 3 aliphatic rings. The Morgan fingerprint density at radius 1 is 0.963 bits per heavy atom. The average molecular weight is 418 g/mol. The lowest BCUT2D eigenvalue weighted by Gasteiger charge is -2.47. The van der Waals surface area contributed by atoms with Crippen LogP contribution >= 0.6 is 7.82 Å². The molecule has 3 aliphatic heterocycles. The fourth-order valence-electron chi connectivity index (χ4n) is 3.03. The molecular formula is C13H23O13P. The zero-order valence-corrected chi connectivity index (χ0v) is 15.1. The molecule has 0 spiro atoms. The first kappa shape index (κ1) is 21.5. The Kier molecular flexibility index (Phi) is 6.55. The molecule has 0 saturated carbocycles. The summed E-state index contributed by atoms with van der Waals surface area (Å²) in [5.74, 6) is 0. The molecular weight excluding hydrogens is 395 g/mol. The highest BCUT2D eigenvalue weighted by Crippen LogP contribution is 2.54. The van der Waals surface area contributed by atoms with E-state index in [1.54, 1.807) is 0 Å². The largest absolute Gasteiger partial charge is 0.475 e. The van der Waals surface area contributed by atoms with Crippen LogP contribution in [0.4, 0.5) is 0 Å². The van der Waals surface area contributed by atoms with Crippen LogP contribution in [0.3, 0.4) is 0 Å². The van der Waals surface area contributed by atoms with Crippen LogP contribution in [0, 0.1) is 0 Å². The Balaban J connectivity index is 1.69.